The van der Waals surface area contributed by atoms with Gasteiger partial charge in [0.05, 0.1) is 35.6 Å². The van der Waals surface area contributed by atoms with Crippen LogP contribution in [0.4, 0.5) is 4.79 Å². The highest BCUT2D eigenvalue weighted by Gasteiger charge is 2.29. The predicted molar refractivity (Wildman–Crippen MR) is 138 cm³/mol. The number of aromatic nitrogens is 4. The Morgan fingerprint density at radius 1 is 1.08 bits per heavy atom. The molecule has 2 aromatic heterocycles. The molecule has 0 bridgehead atoms. The quantitative estimate of drug-likeness (QED) is 0.493. The first-order valence-electron chi connectivity index (χ1n) is 12.5. The van der Waals surface area contributed by atoms with Gasteiger partial charge in [0.25, 0.3) is 0 Å². The first kappa shape index (κ1) is 26.1. The SMILES string of the molecule is Cc1nc(-c2nnn(C)c2CN(C)C(=O)N(C)Cc2ccccc2)ccc1O[C@H]1CCC[C@H](C(=O)O)C1. The highest BCUT2D eigenvalue weighted by molar-refractivity contribution is 5.74. The maximum absolute atomic E-state index is 13.0. The first-order valence-corrected chi connectivity index (χ1v) is 12.5. The van der Waals surface area contributed by atoms with E-state index in [1.54, 1.807) is 35.6 Å². The predicted octanol–water partition coefficient (Wildman–Crippen LogP) is 3.89. The van der Waals surface area contributed by atoms with Crippen LogP contribution in [-0.2, 0) is 24.9 Å². The number of aryl methyl sites for hydroxylation is 2. The number of benzene rings is 1. The third-order valence-electron chi connectivity index (χ3n) is 6.79. The van der Waals surface area contributed by atoms with Crippen LogP contribution in [-0.4, -0.2) is 67.1 Å². The molecule has 1 aliphatic carbocycles. The van der Waals surface area contributed by atoms with Gasteiger partial charge < -0.3 is 19.6 Å². The molecular weight excluding hydrogens is 472 g/mol. The number of carboxylic acids is 1. The summed E-state index contributed by atoms with van der Waals surface area (Å²) in [7, 11) is 5.33. The second-order valence-corrected chi connectivity index (χ2v) is 9.71. The van der Waals surface area contributed by atoms with Gasteiger partial charge in [0.15, 0.2) is 0 Å². The van der Waals surface area contributed by atoms with E-state index in [9.17, 15) is 14.7 Å². The molecule has 2 amide bonds. The molecule has 1 aromatic carbocycles. The number of urea groups is 1. The van der Waals surface area contributed by atoms with Gasteiger partial charge in [-0.1, -0.05) is 35.5 Å². The van der Waals surface area contributed by atoms with Crippen LogP contribution in [0.5, 0.6) is 5.75 Å². The second-order valence-electron chi connectivity index (χ2n) is 9.71. The van der Waals surface area contributed by atoms with Crippen molar-refractivity contribution in [1.29, 1.82) is 0 Å². The molecule has 10 heteroatoms. The smallest absolute Gasteiger partial charge is 0.320 e. The van der Waals surface area contributed by atoms with Gasteiger partial charge in [-0.05, 0) is 50.3 Å². The Kier molecular flexibility index (Phi) is 8.05. The van der Waals surface area contributed by atoms with Gasteiger partial charge in [-0.3, -0.25) is 4.79 Å². The average Bonchev–Trinajstić information content (AvgIpc) is 3.25. The molecule has 4 rings (SSSR count). The lowest BCUT2D eigenvalue weighted by atomic mass is 9.87. The third-order valence-corrected chi connectivity index (χ3v) is 6.79. The van der Waals surface area contributed by atoms with Crippen LogP contribution in [0.25, 0.3) is 11.4 Å². The normalized spacial score (nSPS) is 17.3. The zero-order valence-corrected chi connectivity index (χ0v) is 21.8. The van der Waals surface area contributed by atoms with Crippen molar-refractivity contribution in [3.05, 3.63) is 59.4 Å². The van der Waals surface area contributed by atoms with Crippen molar-refractivity contribution in [2.75, 3.05) is 14.1 Å². The Morgan fingerprint density at radius 2 is 1.81 bits per heavy atom. The number of hydrogen-bond acceptors (Lipinski definition) is 6. The van der Waals surface area contributed by atoms with Crippen LogP contribution < -0.4 is 4.74 Å². The number of rotatable bonds is 8. The summed E-state index contributed by atoms with van der Waals surface area (Å²) in [6.07, 6.45) is 2.73. The average molecular weight is 507 g/mol. The maximum atomic E-state index is 13.0. The molecule has 1 saturated carbocycles. The van der Waals surface area contributed by atoms with Gasteiger partial charge in [0.2, 0.25) is 0 Å². The Labute approximate surface area is 216 Å². The lowest BCUT2D eigenvalue weighted by Gasteiger charge is -2.27. The molecular formula is C27H34N6O4. The summed E-state index contributed by atoms with van der Waals surface area (Å²) in [5, 5.41) is 17.8. The van der Waals surface area contributed by atoms with Crippen molar-refractivity contribution in [3.8, 4) is 17.1 Å². The van der Waals surface area contributed by atoms with E-state index in [0.29, 0.717) is 48.8 Å². The van der Waals surface area contributed by atoms with Crippen molar-refractivity contribution in [3.63, 3.8) is 0 Å². The third kappa shape index (κ3) is 6.25. The second kappa shape index (κ2) is 11.4. The molecule has 0 spiro atoms. The van der Waals surface area contributed by atoms with Crippen LogP contribution in [0.2, 0.25) is 0 Å². The van der Waals surface area contributed by atoms with Crippen LogP contribution in [0.3, 0.4) is 0 Å². The molecule has 196 valence electrons. The number of nitrogens with zero attached hydrogens (tertiary/aromatic N) is 6. The van der Waals surface area contributed by atoms with Crippen molar-refractivity contribution in [2.24, 2.45) is 13.0 Å². The number of carbonyl (C=O) groups excluding carboxylic acids is 1. The first-order chi connectivity index (χ1) is 17.7. The summed E-state index contributed by atoms with van der Waals surface area (Å²) in [6, 6.07) is 13.4. The highest BCUT2D eigenvalue weighted by atomic mass is 16.5. The maximum Gasteiger partial charge on any atom is 0.320 e. The molecule has 0 saturated heterocycles. The van der Waals surface area contributed by atoms with Gasteiger partial charge in [-0.15, -0.1) is 5.10 Å². The lowest BCUT2D eigenvalue weighted by Crippen LogP contribution is -2.38. The number of aliphatic carboxylic acids is 1. The molecule has 2 atom stereocenters. The van der Waals surface area contributed by atoms with Crippen molar-refractivity contribution >= 4 is 12.0 Å². The molecule has 3 aromatic rings. The largest absolute Gasteiger partial charge is 0.489 e. The van der Waals surface area contributed by atoms with Crippen LogP contribution >= 0.6 is 0 Å². The molecule has 0 aliphatic heterocycles. The number of ether oxygens (including phenoxy) is 1. The van der Waals surface area contributed by atoms with Crippen molar-refractivity contribution in [2.45, 2.75) is 51.8 Å². The zero-order chi connectivity index (χ0) is 26.5. The lowest BCUT2D eigenvalue weighted by molar-refractivity contribution is -0.143. The molecule has 1 aliphatic rings. The van der Waals surface area contributed by atoms with E-state index < -0.39 is 5.97 Å². The topological polar surface area (TPSA) is 114 Å². The Bertz CT molecular complexity index is 1240. The van der Waals surface area contributed by atoms with Crippen LogP contribution in [0.1, 0.15) is 42.6 Å². The molecule has 0 radical (unpaired) electrons. The number of pyridine rings is 1. The van der Waals surface area contributed by atoms with Crippen molar-refractivity contribution in [1.82, 2.24) is 29.8 Å². The number of carbonyl (C=O) groups is 2. The molecule has 1 fully saturated rings. The van der Waals surface area contributed by atoms with Crippen LogP contribution in [0, 0.1) is 12.8 Å². The van der Waals surface area contributed by atoms with Gasteiger partial charge >= 0.3 is 12.0 Å². The van der Waals surface area contributed by atoms with Gasteiger partial charge in [-0.25, -0.2) is 14.5 Å². The molecule has 10 nitrogen and oxygen atoms in total. The minimum Gasteiger partial charge on any atom is -0.489 e. The summed E-state index contributed by atoms with van der Waals surface area (Å²) < 4.78 is 7.80. The van der Waals surface area contributed by atoms with Gasteiger partial charge in [0, 0.05) is 27.7 Å². The van der Waals surface area contributed by atoms with Gasteiger partial charge in [0.1, 0.15) is 11.4 Å². The fraction of sp³-hybridized carbons (Fsp3) is 0.444. The number of hydrogen-bond donors (Lipinski definition) is 1. The minimum atomic E-state index is -0.761. The number of amides is 2. The fourth-order valence-corrected chi connectivity index (χ4v) is 4.72. The van der Waals surface area contributed by atoms with E-state index in [1.165, 1.54) is 0 Å². The van der Waals surface area contributed by atoms with Crippen LogP contribution in [0.15, 0.2) is 42.5 Å². The number of carboxylic acid groups (broad SMARTS) is 1. The van der Waals surface area contributed by atoms with Gasteiger partial charge in [-0.2, -0.15) is 0 Å². The van der Waals surface area contributed by atoms with E-state index >= 15 is 0 Å². The summed E-state index contributed by atoms with van der Waals surface area (Å²) >= 11 is 0. The van der Waals surface area contributed by atoms with Crippen molar-refractivity contribution < 1.29 is 19.4 Å². The van der Waals surface area contributed by atoms with E-state index in [0.717, 1.165) is 24.1 Å². The van der Waals surface area contributed by atoms with E-state index in [-0.39, 0.29) is 18.1 Å². The van der Waals surface area contributed by atoms with E-state index in [1.807, 2.05) is 49.4 Å². The standard InChI is InChI=1S/C27H34N6O4/c1-18-24(37-21-12-8-11-20(15-21)26(34)35)14-13-22(28-18)25-23(33(4)30-29-25)17-32(3)27(36)31(2)16-19-9-6-5-7-10-19/h5-7,9-10,13-14,20-21H,8,11-12,15-17H2,1-4H3,(H,34,35)/t20-,21-/m0/s1. The molecule has 0 unspecified atom stereocenters. The Morgan fingerprint density at radius 3 is 2.51 bits per heavy atom. The Hall–Kier alpha value is -3.95. The fourth-order valence-electron chi connectivity index (χ4n) is 4.72. The van der Waals surface area contributed by atoms with E-state index in [4.69, 9.17) is 9.72 Å². The minimum absolute atomic E-state index is 0.115. The molecule has 1 N–H and O–H groups in total. The summed E-state index contributed by atoms with van der Waals surface area (Å²) in [4.78, 5) is 32.4. The summed E-state index contributed by atoms with van der Waals surface area (Å²) in [6.45, 7) is 2.69. The summed E-state index contributed by atoms with van der Waals surface area (Å²) in [5.74, 6) is -0.483. The molecule has 37 heavy (non-hydrogen) atoms. The molecule has 2 heterocycles. The van der Waals surface area contributed by atoms with E-state index in [2.05, 4.69) is 10.3 Å². The zero-order valence-electron chi connectivity index (χ0n) is 21.8. The monoisotopic (exact) mass is 506 g/mol. The highest BCUT2D eigenvalue weighted by Crippen LogP contribution is 2.30. The summed E-state index contributed by atoms with van der Waals surface area (Å²) in [5.41, 5.74) is 3.76. The Balaban J connectivity index is 1.45.